The molecule has 0 bridgehead atoms. The van der Waals surface area contributed by atoms with Crippen molar-refractivity contribution in [3.8, 4) is 0 Å². The van der Waals surface area contributed by atoms with E-state index in [0.29, 0.717) is 16.2 Å². The maximum atomic E-state index is 3.85. The number of hydrogen-bond donors (Lipinski definition) is 1. The first-order valence-electron chi connectivity index (χ1n) is 12.3. The van der Waals surface area contributed by atoms with E-state index in [-0.39, 0.29) is 22.3 Å². The summed E-state index contributed by atoms with van der Waals surface area (Å²) in [6, 6.07) is 0. The minimum Gasteiger partial charge on any atom is -0.365 e. The predicted molar refractivity (Wildman–Crippen MR) is 152 cm³/mol. The van der Waals surface area contributed by atoms with Crippen molar-refractivity contribution in [2.75, 3.05) is 0 Å². The van der Waals surface area contributed by atoms with Crippen molar-refractivity contribution >= 4 is 0 Å². The van der Waals surface area contributed by atoms with Gasteiger partial charge in [0.15, 0.2) is 0 Å². The summed E-state index contributed by atoms with van der Waals surface area (Å²) in [7, 11) is 0. The van der Waals surface area contributed by atoms with E-state index in [4.69, 9.17) is 0 Å². The van der Waals surface area contributed by atoms with Crippen molar-refractivity contribution in [2.45, 2.75) is 149 Å². The minimum absolute atomic E-state index is 0. The molecule has 32 heavy (non-hydrogen) atoms. The SMILES string of the molecule is C.C.C.C=C1CC(C(C)(C)C)=CN1.CC(C)(C)C1CCCC1.CC(C)(C)C1CCCCC1. The van der Waals surface area contributed by atoms with Gasteiger partial charge in [-0.1, -0.05) is 123 Å². The number of hydrogen-bond acceptors (Lipinski definition) is 1. The highest BCUT2D eigenvalue weighted by molar-refractivity contribution is 5.24. The van der Waals surface area contributed by atoms with E-state index in [1.54, 1.807) is 0 Å². The van der Waals surface area contributed by atoms with Crippen molar-refractivity contribution < 1.29 is 0 Å². The summed E-state index contributed by atoms with van der Waals surface area (Å²) in [6.45, 7) is 24.7. The highest BCUT2D eigenvalue weighted by atomic mass is 14.9. The molecule has 0 aromatic rings. The fourth-order valence-corrected chi connectivity index (χ4v) is 4.76. The third-order valence-electron chi connectivity index (χ3n) is 7.23. The van der Waals surface area contributed by atoms with Crippen molar-refractivity contribution in [1.29, 1.82) is 0 Å². The lowest BCUT2D eigenvalue weighted by Gasteiger charge is -2.33. The summed E-state index contributed by atoms with van der Waals surface area (Å²) in [6.07, 6.45) is 16.4. The van der Waals surface area contributed by atoms with E-state index in [1.165, 1.54) is 63.4 Å². The average molecular weight is 452 g/mol. The van der Waals surface area contributed by atoms with Gasteiger partial charge in [-0.2, -0.15) is 0 Å². The van der Waals surface area contributed by atoms with Crippen molar-refractivity contribution in [2.24, 2.45) is 28.1 Å². The molecule has 2 fully saturated rings. The molecule has 0 aromatic heterocycles. The molecule has 3 aliphatic rings. The molecule has 0 saturated heterocycles. The van der Waals surface area contributed by atoms with E-state index >= 15 is 0 Å². The molecule has 0 atom stereocenters. The van der Waals surface area contributed by atoms with Crippen molar-refractivity contribution in [3.05, 3.63) is 24.0 Å². The quantitative estimate of drug-likeness (QED) is 0.386. The lowest BCUT2D eigenvalue weighted by atomic mass is 9.72. The van der Waals surface area contributed by atoms with Crippen LogP contribution in [0.4, 0.5) is 0 Å². The van der Waals surface area contributed by atoms with Crippen LogP contribution in [0.15, 0.2) is 24.0 Å². The lowest BCUT2D eigenvalue weighted by molar-refractivity contribution is 0.180. The van der Waals surface area contributed by atoms with Crippen molar-refractivity contribution in [3.63, 3.8) is 0 Å². The van der Waals surface area contributed by atoms with E-state index < -0.39 is 0 Å². The molecular formula is C31H65N. The van der Waals surface area contributed by atoms with Crippen LogP contribution in [0.3, 0.4) is 0 Å². The van der Waals surface area contributed by atoms with E-state index in [0.717, 1.165) is 24.0 Å². The highest BCUT2D eigenvalue weighted by Crippen LogP contribution is 2.39. The Morgan fingerprint density at radius 1 is 0.656 bits per heavy atom. The minimum atomic E-state index is 0. The molecule has 1 heterocycles. The Morgan fingerprint density at radius 2 is 1.00 bits per heavy atom. The van der Waals surface area contributed by atoms with Gasteiger partial charge in [-0.15, -0.1) is 0 Å². The first kappa shape index (κ1) is 35.9. The van der Waals surface area contributed by atoms with Gasteiger partial charge in [0, 0.05) is 18.3 Å². The average Bonchev–Trinajstić information content (AvgIpc) is 3.26. The van der Waals surface area contributed by atoms with Crippen LogP contribution in [0.1, 0.15) is 149 Å². The molecule has 1 N–H and O–H groups in total. The second-order valence-electron chi connectivity index (χ2n) is 12.9. The van der Waals surface area contributed by atoms with Crippen LogP contribution in [0, 0.1) is 28.1 Å². The summed E-state index contributed by atoms with van der Waals surface area (Å²) in [4.78, 5) is 0. The topological polar surface area (TPSA) is 12.0 Å². The maximum Gasteiger partial charge on any atom is 0.0115 e. The van der Waals surface area contributed by atoms with Crippen LogP contribution in [-0.2, 0) is 0 Å². The lowest BCUT2D eigenvalue weighted by Crippen LogP contribution is -2.22. The van der Waals surface area contributed by atoms with E-state index in [9.17, 15) is 0 Å². The second kappa shape index (κ2) is 15.2. The molecule has 2 saturated carbocycles. The Bertz CT molecular complexity index is 506. The second-order valence-corrected chi connectivity index (χ2v) is 12.9. The van der Waals surface area contributed by atoms with Gasteiger partial charge in [-0.25, -0.2) is 0 Å². The normalized spacial score (nSPS) is 19.5. The predicted octanol–water partition coefficient (Wildman–Crippen LogP) is 11.2. The fraction of sp³-hybridized carbons (Fsp3) is 0.871. The zero-order valence-corrected chi connectivity index (χ0v) is 21.5. The molecule has 1 heteroatoms. The van der Waals surface area contributed by atoms with Crippen LogP contribution < -0.4 is 5.32 Å². The van der Waals surface area contributed by atoms with Crippen LogP contribution in [0.25, 0.3) is 0 Å². The Morgan fingerprint density at radius 3 is 1.19 bits per heavy atom. The van der Waals surface area contributed by atoms with E-state index in [2.05, 4.69) is 80.4 Å². The third-order valence-corrected chi connectivity index (χ3v) is 7.23. The number of rotatable bonds is 0. The van der Waals surface area contributed by atoms with Gasteiger partial charge < -0.3 is 5.32 Å². The van der Waals surface area contributed by atoms with Gasteiger partial charge in [0.2, 0.25) is 0 Å². The molecule has 2 aliphatic carbocycles. The molecule has 1 aliphatic heterocycles. The Kier molecular flexibility index (Phi) is 17.1. The van der Waals surface area contributed by atoms with Gasteiger partial charge in [0.25, 0.3) is 0 Å². The molecule has 1 nitrogen and oxygen atoms in total. The Labute approximate surface area is 206 Å². The molecule has 0 unspecified atom stereocenters. The van der Waals surface area contributed by atoms with Crippen LogP contribution in [0.2, 0.25) is 0 Å². The highest BCUT2D eigenvalue weighted by Gasteiger charge is 2.27. The molecule has 0 amide bonds. The van der Waals surface area contributed by atoms with Crippen LogP contribution >= 0.6 is 0 Å². The number of nitrogens with one attached hydrogen (secondary N) is 1. The molecule has 3 rings (SSSR count). The fourth-order valence-electron chi connectivity index (χ4n) is 4.76. The summed E-state index contributed by atoms with van der Waals surface area (Å²) >= 11 is 0. The third kappa shape index (κ3) is 13.7. The smallest absolute Gasteiger partial charge is 0.0115 e. The molecule has 0 spiro atoms. The summed E-state index contributed by atoms with van der Waals surface area (Å²) in [5.41, 5.74) is 4.01. The molecular weight excluding hydrogens is 386 g/mol. The Balaban J connectivity index is -0.000000377. The monoisotopic (exact) mass is 452 g/mol. The van der Waals surface area contributed by atoms with Gasteiger partial charge in [0.1, 0.15) is 0 Å². The molecule has 0 aromatic carbocycles. The van der Waals surface area contributed by atoms with Gasteiger partial charge in [-0.3, -0.25) is 0 Å². The standard InChI is InChI=1S/C10H20.C9H15N.C9H18.3CH4/c1-10(2,3)9-7-5-4-6-8-9;1-7-5-8(6-10-7)9(2,3)4;1-9(2,3)8-6-4-5-7-8;;;/h9H,4-8H2,1-3H3;6,10H,1,5H2,2-4H3;8H,4-7H2,1-3H3;3*1H4. The zero-order valence-electron chi connectivity index (χ0n) is 21.5. The van der Waals surface area contributed by atoms with Crippen LogP contribution in [0.5, 0.6) is 0 Å². The largest absolute Gasteiger partial charge is 0.365 e. The van der Waals surface area contributed by atoms with Crippen LogP contribution in [-0.4, -0.2) is 0 Å². The van der Waals surface area contributed by atoms with Gasteiger partial charge in [-0.05, 0) is 59.3 Å². The van der Waals surface area contributed by atoms with Crippen molar-refractivity contribution in [1.82, 2.24) is 5.32 Å². The zero-order chi connectivity index (χ0) is 22.3. The maximum absolute atomic E-state index is 3.85. The molecule has 194 valence electrons. The van der Waals surface area contributed by atoms with Gasteiger partial charge >= 0.3 is 0 Å². The first-order valence-corrected chi connectivity index (χ1v) is 12.3. The summed E-state index contributed by atoms with van der Waals surface area (Å²) < 4.78 is 0. The Hall–Kier alpha value is -0.720. The number of allylic oxidation sites excluding steroid dienone is 1. The van der Waals surface area contributed by atoms with E-state index in [1.807, 2.05) is 0 Å². The summed E-state index contributed by atoms with van der Waals surface area (Å²) in [5.74, 6) is 2.01. The molecule has 0 radical (unpaired) electrons. The summed E-state index contributed by atoms with van der Waals surface area (Å²) in [5, 5.41) is 3.12. The van der Waals surface area contributed by atoms with Gasteiger partial charge in [0.05, 0.1) is 0 Å². The first-order chi connectivity index (χ1) is 13.2.